The van der Waals surface area contributed by atoms with Gasteiger partial charge in [-0.15, -0.1) is 6.58 Å². The van der Waals surface area contributed by atoms with Gasteiger partial charge in [-0.2, -0.15) is 0 Å². The van der Waals surface area contributed by atoms with Crippen molar-refractivity contribution in [3.05, 3.63) is 48.1 Å². The average molecular weight is 357 g/mol. The number of hydrazine groups is 1. The standard InChI is InChI=1S/C17H21N3O3.C3H6/c1-20-7-6-17-10-3-4-12(21)16(17)22-15-13(23-19-18)5-2-9(14(15)17)8-11(10)20;1-3-2/h2-5,10-12,16,19,21H,6-8,18H2,1H3;3H,1H2,2H3/t10-,11+,12-,16-,17-;/m0./s1. The molecule has 0 saturated carbocycles. The zero-order valence-electron chi connectivity index (χ0n) is 15.3. The molecule has 6 heteroatoms. The topological polar surface area (TPSA) is 80.0 Å². The van der Waals surface area contributed by atoms with Crippen LogP contribution in [-0.4, -0.2) is 41.8 Å². The molecule has 1 saturated heterocycles. The Balaban J connectivity index is 0.000000527. The summed E-state index contributed by atoms with van der Waals surface area (Å²) >= 11 is 0. The monoisotopic (exact) mass is 357 g/mol. The van der Waals surface area contributed by atoms with Gasteiger partial charge in [0.05, 0.1) is 0 Å². The molecule has 2 bridgehead atoms. The Bertz CT molecular complexity index is 750. The number of piperidine rings is 1. The number of hydrogen-bond donors (Lipinski definition) is 3. The second kappa shape index (κ2) is 6.39. The highest BCUT2D eigenvalue weighted by Gasteiger charge is 2.64. The molecule has 6 nitrogen and oxygen atoms in total. The average Bonchev–Trinajstić information content (AvgIpc) is 2.98. The van der Waals surface area contributed by atoms with Crippen LogP contribution in [0.5, 0.6) is 11.5 Å². The lowest BCUT2D eigenvalue weighted by molar-refractivity contribution is -0.0455. The molecular formula is C20H27N3O3. The molecule has 1 spiro atoms. The smallest absolute Gasteiger partial charge is 0.191 e. The van der Waals surface area contributed by atoms with Gasteiger partial charge >= 0.3 is 0 Å². The molecule has 1 fully saturated rings. The molecule has 2 heterocycles. The van der Waals surface area contributed by atoms with E-state index in [-0.39, 0.29) is 11.5 Å². The molecule has 0 radical (unpaired) electrons. The molecule has 0 aromatic heterocycles. The van der Waals surface area contributed by atoms with Crippen molar-refractivity contribution < 1.29 is 14.7 Å². The molecule has 2 aliphatic heterocycles. The van der Waals surface area contributed by atoms with E-state index in [1.165, 1.54) is 11.1 Å². The maximum Gasteiger partial charge on any atom is 0.191 e. The maximum atomic E-state index is 10.6. The molecule has 5 atom stereocenters. The van der Waals surface area contributed by atoms with Gasteiger partial charge in [0.25, 0.3) is 0 Å². The quantitative estimate of drug-likeness (QED) is 0.422. The van der Waals surface area contributed by atoms with Crippen molar-refractivity contribution in [2.75, 3.05) is 13.6 Å². The summed E-state index contributed by atoms with van der Waals surface area (Å²) in [4.78, 5) is 7.80. The number of hydrogen-bond acceptors (Lipinski definition) is 6. The lowest BCUT2D eigenvalue weighted by atomic mass is 9.53. The second-order valence-corrected chi connectivity index (χ2v) is 7.54. The number of benzene rings is 1. The first-order chi connectivity index (χ1) is 12.6. The van der Waals surface area contributed by atoms with Crippen LogP contribution < -0.4 is 21.0 Å². The number of nitrogens with two attached hydrogens (primary N) is 1. The molecule has 0 amide bonds. The zero-order valence-corrected chi connectivity index (χ0v) is 15.3. The molecule has 4 aliphatic rings. The number of likely N-dealkylation sites (tertiary alicyclic amines) is 1. The number of aliphatic hydroxyl groups excluding tert-OH is 1. The van der Waals surface area contributed by atoms with E-state index in [1.807, 2.05) is 19.1 Å². The summed E-state index contributed by atoms with van der Waals surface area (Å²) in [5, 5.41) is 10.6. The van der Waals surface area contributed by atoms with Crippen molar-refractivity contribution >= 4 is 0 Å². The van der Waals surface area contributed by atoms with E-state index >= 15 is 0 Å². The third-order valence-electron chi connectivity index (χ3n) is 6.30. The van der Waals surface area contributed by atoms with E-state index in [0.717, 1.165) is 25.1 Å². The summed E-state index contributed by atoms with van der Waals surface area (Å²) in [7, 11) is 2.20. The van der Waals surface area contributed by atoms with E-state index in [4.69, 9.17) is 15.4 Å². The molecule has 1 aromatic rings. The number of nitrogens with one attached hydrogen (secondary N) is 1. The molecule has 140 valence electrons. The summed E-state index contributed by atoms with van der Waals surface area (Å²) in [5.41, 5.74) is 4.64. The second-order valence-electron chi connectivity index (χ2n) is 7.54. The zero-order chi connectivity index (χ0) is 18.5. The number of rotatable bonds is 2. The van der Waals surface area contributed by atoms with E-state index in [1.54, 1.807) is 6.08 Å². The summed E-state index contributed by atoms with van der Waals surface area (Å²) < 4.78 is 6.27. The van der Waals surface area contributed by atoms with Crippen LogP contribution in [0.4, 0.5) is 0 Å². The minimum atomic E-state index is -0.590. The van der Waals surface area contributed by atoms with E-state index < -0.39 is 6.10 Å². The number of aliphatic hydroxyl groups is 1. The minimum absolute atomic E-state index is 0.151. The van der Waals surface area contributed by atoms with Gasteiger partial charge in [0.15, 0.2) is 11.5 Å². The molecule has 26 heavy (non-hydrogen) atoms. The van der Waals surface area contributed by atoms with Crippen molar-refractivity contribution in [1.82, 2.24) is 10.5 Å². The van der Waals surface area contributed by atoms with Crippen LogP contribution in [0.3, 0.4) is 0 Å². The molecule has 2 aliphatic carbocycles. The van der Waals surface area contributed by atoms with Crippen LogP contribution >= 0.6 is 0 Å². The molecule has 5 rings (SSSR count). The first-order valence-electron chi connectivity index (χ1n) is 9.17. The summed E-state index contributed by atoms with van der Waals surface area (Å²) in [6.07, 6.45) is 7.00. The van der Waals surface area contributed by atoms with Gasteiger partial charge in [0.1, 0.15) is 12.2 Å². The summed E-state index contributed by atoms with van der Waals surface area (Å²) in [6.45, 7) is 6.26. The van der Waals surface area contributed by atoms with Crippen molar-refractivity contribution in [3.8, 4) is 11.5 Å². The third kappa shape index (κ3) is 2.19. The lowest BCUT2D eigenvalue weighted by Gasteiger charge is -2.56. The molecule has 0 unspecified atom stereocenters. The van der Waals surface area contributed by atoms with Gasteiger partial charge < -0.3 is 19.6 Å². The Kier molecular flexibility index (Phi) is 4.31. The number of ether oxygens (including phenoxy) is 1. The van der Waals surface area contributed by atoms with Crippen molar-refractivity contribution in [2.45, 2.75) is 43.4 Å². The Labute approximate surface area is 154 Å². The van der Waals surface area contributed by atoms with E-state index in [9.17, 15) is 5.11 Å². The van der Waals surface area contributed by atoms with Gasteiger partial charge in [-0.25, -0.2) is 5.84 Å². The van der Waals surface area contributed by atoms with E-state index in [2.05, 4.69) is 36.3 Å². The van der Waals surface area contributed by atoms with Gasteiger partial charge in [-0.1, -0.05) is 29.9 Å². The van der Waals surface area contributed by atoms with Crippen LogP contribution in [-0.2, 0) is 11.8 Å². The molecule has 4 N–H and O–H groups in total. The number of nitrogens with zero attached hydrogens (tertiary/aromatic N) is 1. The van der Waals surface area contributed by atoms with Gasteiger partial charge in [0.2, 0.25) is 0 Å². The van der Waals surface area contributed by atoms with Gasteiger partial charge in [-0.05, 0) is 45.0 Å². The highest BCUT2D eigenvalue weighted by molar-refractivity contribution is 5.62. The fourth-order valence-electron chi connectivity index (χ4n) is 5.37. The summed E-state index contributed by atoms with van der Waals surface area (Å²) in [5.74, 6) is 7.04. The predicted molar refractivity (Wildman–Crippen MR) is 99.7 cm³/mol. The van der Waals surface area contributed by atoms with Gasteiger partial charge in [0, 0.05) is 22.9 Å². The molecular weight excluding hydrogens is 330 g/mol. The van der Waals surface area contributed by atoms with Crippen molar-refractivity contribution in [1.29, 1.82) is 0 Å². The molecule has 1 aromatic carbocycles. The fraction of sp³-hybridized carbons (Fsp3) is 0.500. The highest BCUT2D eigenvalue weighted by Crippen LogP contribution is 2.62. The normalized spacial score (nSPS) is 35.7. The fourth-order valence-corrected chi connectivity index (χ4v) is 5.37. The van der Waals surface area contributed by atoms with Crippen LogP contribution in [0, 0.1) is 5.92 Å². The SMILES string of the molecule is C=CC.CN1CC[C@]23c4c5ccc(ONN)c4O[C@H]2[C@@H](O)C=C[C@H]3[C@H]1C5. The lowest BCUT2D eigenvalue weighted by Crippen LogP contribution is -2.64. The first kappa shape index (κ1) is 17.5. The Hall–Kier alpha value is -1.86. The van der Waals surface area contributed by atoms with Crippen LogP contribution in [0.25, 0.3) is 0 Å². The van der Waals surface area contributed by atoms with Crippen LogP contribution in [0.15, 0.2) is 36.9 Å². The van der Waals surface area contributed by atoms with Crippen molar-refractivity contribution in [3.63, 3.8) is 0 Å². The first-order valence-corrected chi connectivity index (χ1v) is 9.17. The minimum Gasteiger partial charge on any atom is -0.482 e. The number of likely N-dealkylation sites (N-methyl/N-ethyl adjacent to an activating group) is 1. The maximum absolute atomic E-state index is 10.6. The number of allylic oxidation sites excluding steroid dienone is 1. The summed E-state index contributed by atoms with van der Waals surface area (Å²) in [6, 6.07) is 4.47. The largest absolute Gasteiger partial charge is 0.482 e. The van der Waals surface area contributed by atoms with E-state index in [0.29, 0.717) is 17.7 Å². The van der Waals surface area contributed by atoms with Crippen LogP contribution in [0.2, 0.25) is 0 Å². The highest BCUT2D eigenvalue weighted by atomic mass is 16.7. The van der Waals surface area contributed by atoms with Gasteiger partial charge in [-0.3, -0.25) is 0 Å². The Morgan fingerprint density at radius 2 is 2.23 bits per heavy atom. The predicted octanol–water partition coefficient (Wildman–Crippen LogP) is 1.44. The third-order valence-corrected chi connectivity index (χ3v) is 6.30. The van der Waals surface area contributed by atoms with Crippen LogP contribution in [0.1, 0.15) is 24.5 Å². The van der Waals surface area contributed by atoms with Crippen molar-refractivity contribution in [2.24, 2.45) is 11.8 Å². The Morgan fingerprint density at radius 1 is 1.46 bits per heavy atom. The Morgan fingerprint density at radius 3 is 2.96 bits per heavy atom.